The molecular weight excluding hydrogens is 85.0 g/mol. The topological polar surface area (TPSA) is 60.7 Å². The van der Waals surface area contributed by atoms with Crippen molar-refractivity contribution in [3.63, 3.8) is 0 Å². The van der Waals surface area contributed by atoms with Crippen LogP contribution in [0.25, 0.3) is 0 Å². The van der Waals surface area contributed by atoms with Gasteiger partial charge in [0.15, 0.2) is 0 Å². The van der Waals surface area contributed by atoms with Crippen molar-refractivity contribution in [3.05, 3.63) is 0 Å². The summed E-state index contributed by atoms with van der Waals surface area (Å²) in [6, 6.07) is 0. The number of hydrogen-bond donors (Lipinski definition) is 3. The fourth-order valence-corrected chi connectivity index (χ4v) is 0.0471. The summed E-state index contributed by atoms with van der Waals surface area (Å²) in [5, 5.41) is 24.3. The standard InChI is InChI=1S/C3H8O3/c4-1-3(6)2-5/h3-6H,1-2H2/i1D,3+1/t1?,3-/m1/s1. The van der Waals surface area contributed by atoms with E-state index in [2.05, 4.69) is 0 Å². The Morgan fingerprint density at radius 1 is 1.67 bits per heavy atom. The first-order valence-electron chi connectivity index (χ1n) is 2.15. The van der Waals surface area contributed by atoms with Gasteiger partial charge in [-0.3, -0.25) is 0 Å². The van der Waals surface area contributed by atoms with Crippen LogP contribution in [0, 0.1) is 0 Å². The quantitative estimate of drug-likeness (QED) is 0.359. The maximum Gasteiger partial charge on any atom is 0.100 e. The summed E-state index contributed by atoms with van der Waals surface area (Å²) in [7, 11) is 0. The molecule has 2 atom stereocenters. The predicted molar refractivity (Wildman–Crippen MR) is 20.2 cm³/mol. The second-order valence-electron chi connectivity index (χ2n) is 0.899. The maximum atomic E-state index is 8.25. The van der Waals surface area contributed by atoms with Crippen LogP contribution >= 0.6 is 0 Å². The predicted octanol–water partition coefficient (Wildman–Crippen LogP) is -1.67. The van der Waals surface area contributed by atoms with E-state index < -0.39 is 19.3 Å². The van der Waals surface area contributed by atoms with Crippen molar-refractivity contribution in [2.24, 2.45) is 0 Å². The third kappa shape index (κ3) is 2.14. The molecule has 3 nitrogen and oxygen atoms in total. The van der Waals surface area contributed by atoms with Crippen molar-refractivity contribution in [1.29, 1.82) is 0 Å². The molecule has 0 aromatic heterocycles. The van der Waals surface area contributed by atoms with Gasteiger partial charge < -0.3 is 15.3 Å². The van der Waals surface area contributed by atoms with Crippen LogP contribution in [0.4, 0.5) is 0 Å². The van der Waals surface area contributed by atoms with Gasteiger partial charge in [0.25, 0.3) is 0 Å². The Morgan fingerprint density at radius 2 is 2.17 bits per heavy atom. The van der Waals surface area contributed by atoms with E-state index in [-0.39, 0.29) is 0 Å². The first kappa shape index (κ1) is 4.05. The second kappa shape index (κ2) is 3.08. The van der Waals surface area contributed by atoms with Crippen LogP contribution in [-0.4, -0.2) is 34.6 Å². The van der Waals surface area contributed by atoms with Gasteiger partial charge in [0, 0.05) is 0 Å². The van der Waals surface area contributed by atoms with Crippen LogP contribution < -0.4 is 0 Å². The lowest BCUT2D eigenvalue weighted by atomic mass is 10.8. The summed E-state index contributed by atoms with van der Waals surface area (Å²) in [4.78, 5) is 0. The van der Waals surface area contributed by atoms with Crippen molar-refractivity contribution in [2.75, 3.05) is 13.2 Å². The summed E-state index contributed by atoms with van der Waals surface area (Å²) >= 11 is 0. The Kier molecular flexibility index (Phi) is 2.08. The lowest BCUT2D eigenvalue weighted by Crippen LogP contribution is -2.15. The minimum absolute atomic E-state index is 0.565. The molecule has 0 aromatic rings. The van der Waals surface area contributed by atoms with Gasteiger partial charge in [-0.25, -0.2) is 0 Å². The molecule has 0 bridgehead atoms. The van der Waals surface area contributed by atoms with Crippen molar-refractivity contribution < 1.29 is 16.7 Å². The highest BCUT2D eigenvalue weighted by atomic mass is 16.4. The molecule has 1 unspecified atom stereocenters. The summed E-state index contributed by atoms with van der Waals surface area (Å²) in [5.41, 5.74) is 0. The monoisotopic (exact) mass is 94.1 g/mol. The van der Waals surface area contributed by atoms with Crippen molar-refractivity contribution in [2.45, 2.75) is 6.10 Å². The normalized spacial score (nSPS) is 22.2. The highest BCUT2D eigenvalue weighted by Gasteiger charge is 1.93. The zero-order valence-corrected chi connectivity index (χ0v) is 3.20. The van der Waals surface area contributed by atoms with E-state index in [1.54, 1.807) is 0 Å². The summed E-state index contributed by atoms with van der Waals surface area (Å²) in [6.07, 6.45) is -1.32. The van der Waals surface area contributed by atoms with Crippen LogP contribution in [0.5, 0.6) is 0 Å². The zero-order valence-electron chi connectivity index (χ0n) is 4.20. The fourth-order valence-electron chi connectivity index (χ4n) is 0.0471. The molecule has 0 aromatic carbocycles. The zero-order chi connectivity index (χ0) is 5.86. The lowest BCUT2D eigenvalue weighted by molar-refractivity contribution is 0.0450. The Balaban J connectivity index is 3.14. The van der Waals surface area contributed by atoms with E-state index in [0.717, 1.165) is 0 Å². The maximum absolute atomic E-state index is 8.25. The number of rotatable bonds is 2. The van der Waals surface area contributed by atoms with Crippen LogP contribution in [0.3, 0.4) is 0 Å². The molecule has 0 spiro atoms. The second-order valence-corrected chi connectivity index (χ2v) is 0.899. The molecule has 0 rings (SSSR count). The average molecular weight is 94.1 g/mol. The van der Waals surface area contributed by atoms with E-state index >= 15 is 0 Å². The van der Waals surface area contributed by atoms with Crippen LogP contribution in [0.1, 0.15) is 1.37 Å². The molecule has 0 aliphatic carbocycles. The molecule has 6 heavy (non-hydrogen) atoms. The molecule has 0 aliphatic heterocycles. The van der Waals surface area contributed by atoms with Crippen molar-refractivity contribution in [3.8, 4) is 0 Å². The Morgan fingerprint density at radius 3 is 2.17 bits per heavy atom. The number of aliphatic hydroxyl groups is 3. The van der Waals surface area contributed by atoms with E-state index in [9.17, 15) is 0 Å². The lowest BCUT2D eigenvalue weighted by Gasteiger charge is -1.96. The van der Waals surface area contributed by atoms with Gasteiger partial charge in [-0.2, -0.15) is 0 Å². The van der Waals surface area contributed by atoms with Gasteiger partial charge in [-0.05, 0) is 0 Å². The smallest absolute Gasteiger partial charge is 0.100 e. The van der Waals surface area contributed by atoms with Crippen molar-refractivity contribution in [1.82, 2.24) is 0 Å². The summed E-state index contributed by atoms with van der Waals surface area (Å²) in [6.45, 7) is -2.14. The minimum atomic E-state index is -1.58. The summed E-state index contributed by atoms with van der Waals surface area (Å²) < 4.78 is 6.33. The first-order chi connectivity index (χ1) is 3.18. The molecule has 38 valence electrons. The molecule has 3 N–H and O–H groups in total. The third-order valence-electron chi connectivity index (χ3n) is 0.359. The molecule has 0 fully saturated rings. The van der Waals surface area contributed by atoms with E-state index in [4.69, 9.17) is 16.7 Å². The third-order valence-corrected chi connectivity index (χ3v) is 0.359. The van der Waals surface area contributed by atoms with Crippen molar-refractivity contribution >= 4 is 0 Å². The molecule has 0 heterocycles. The molecule has 0 radical (unpaired) electrons. The summed E-state index contributed by atoms with van der Waals surface area (Å²) in [5.74, 6) is 0. The molecule has 0 amide bonds. The average Bonchev–Trinajstić information content (AvgIpc) is 1.65. The largest absolute Gasteiger partial charge is 0.394 e. The van der Waals surface area contributed by atoms with Gasteiger partial charge in [-0.15, -0.1) is 0 Å². The van der Waals surface area contributed by atoms with E-state index in [1.807, 2.05) is 0 Å². The molecule has 0 saturated carbocycles. The minimum Gasteiger partial charge on any atom is -0.394 e. The SMILES string of the molecule is [2H]C(O)[13C@@H](O)CO. The van der Waals surface area contributed by atoms with Gasteiger partial charge in [0.05, 0.1) is 14.6 Å². The van der Waals surface area contributed by atoms with E-state index in [1.165, 1.54) is 0 Å². The Hall–Kier alpha value is -0.120. The van der Waals surface area contributed by atoms with Gasteiger partial charge in [-0.1, -0.05) is 0 Å². The van der Waals surface area contributed by atoms with Crippen LogP contribution in [0.2, 0.25) is 0 Å². The number of hydrogen-bond acceptors (Lipinski definition) is 3. The van der Waals surface area contributed by atoms with Gasteiger partial charge >= 0.3 is 0 Å². The molecule has 0 aliphatic rings. The Labute approximate surface area is 37.3 Å². The van der Waals surface area contributed by atoms with Crippen LogP contribution in [-0.2, 0) is 0 Å². The first-order valence-corrected chi connectivity index (χ1v) is 1.57. The van der Waals surface area contributed by atoms with E-state index in [0.29, 0.717) is 0 Å². The highest BCUT2D eigenvalue weighted by molar-refractivity contribution is 4.43. The number of aliphatic hydroxyl groups excluding tert-OH is 3. The van der Waals surface area contributed by atoms with Gasteiger partial charge in [0.2, 0.25) is 0 Å². The Bertz CT molecular complexity index is 47.4. The molecular formula is C3H8O3. The van der Waals surface area contributed by atoms with Gasteiger partial charge in [0.1, 0.15) is 6.10 Å². The molecule has 3 heteroatoms. The van der Waals surface area contributed by atoms with Crippen LogP contribution in [0.15, 0.2) is 0 Å². The highest BCUT2D eigenvalue weighted by Crippen LogP contribution is 1.71. The molecule has 0 saturated heterocycles. The fraction of sp³-hybridized carbons (Fsp3) is 1.00.